The highest BCUT2D eigenvalue weighted by molar-refractivity contribution is 8.00. The number of aromatic nitrogens is 5. The van der Waals surface area contributed by atoms with Gasteiger partial charge in [-0.1, -0.05) is 50.2 Å². The number of piperidine rings is 1. The number of H-pyrrole nitrogens is 1. The SMILES string of the molecule is Cc1c([C@@H](C)NC(=O)c2noc(C(C)(C)C)n2)ccc(-c2ncnc3[nH]c4cc(N5CCN(Cc6ccc(SC7CCC(=O)NC7=O)cc6)CC5)ccc4c23)c1F. The Morgan fingerprint density at radius 1 is 1.05 bits per heavy atom. The number of imide groups is 1. The summed E-state index contributed by atoms with van der Waals surface area (Å²) in [6, 6.07) is 17.6. The van der Waals surface area contributed by atoms with Gasteiger partial charge in [0.1, 0.15) is 17.8 Å². The van der Waals surface area contributed by atoms with Crippen LogP contribution in [0.3, 0.4) is 0 Å². The Balaban J connectivity index is 0.932. The van der Waals surface area contributed by atoms with Gasteiger partial charge in [-0.3, -0.25) is 24.6 Å². The number of anilines is 1. The number of aromatic amines is 1. The van der Waals surface area contributed by atoms with Gasteiger partial charge in [0.25, 0.3) is 11.7 Å². The zero-order valence-corrected chi connectivity index (χ0v) is 33.3. The number of amides is 3. The van der Waals surface area contributed by atoms with Crippen molar-refractivity contribution in [1.82, 2.24) is 40.6 Å². The summed E-state index contributed by atoms with van der Waals surface area (Å²) < 4.78 is 21.6. The van der Waals surface area contributed by atoms with Crippen LogP contribution >= 0.6 is 11.8 Å². The predicted octanol–water partition coefficient (Wildman–Crippen LogP) is 6.62. The molecule has 8 rings (SSSR count). The van der Waals surface area contributed by atoms with Crippen LogP contribution in [0.4, 0.5) is 10.1 Å². The molecule has 2 aliphatic rings. The van der Waals surface area contributed by atoms with E-state index in [1.807, 2.05) is 26.8 Å². The number of benzene rings is 3. The standard InChI is InChI=1S/C42H44FN9O4S/c1-23-28(24(2)46-40(55)38-49-41(56-50-38)42(3,4)5)12-13-30(35(23)43)36-34-29-11-8-26(20-31(29)47-37(34)45-22-44-36)52-18-16-51(17-19-52)21-25-6-9-27(10-7-25)57-32-14-15-33(53)48-39(32)54/h6-13,20,22,24,32H,14-19,21H2,1-5H3,(H,46,55)(H,44,45,47)(H,48,53,54)/t24-,32?/m1/s1. The Bertz CT molecular complexity index is 2500. The van der Waals surface area contributed by atoms with E-state index in [2.05, 4.69) is 88.0 Å². The van der Waals surface area contributed by atoms with Crippen LogP contribution < -0.4 is 15.5 Å². The first-order chi connectivity index (χ1) is 27.3. The minimum atomic E-state index is -0.527. The topological polar surface area (TPSA) is 162 Å². The van der Waals surface area contributed by atoms with Gasteiger partial charge in [-0.05, 0) is 67.3 Å². The zero-order chi connectivity index (χ0) is 40.0. The maximum atomic E-state index is 16.3. The molecule has 2 aliphatic heterocycles. The lowest BCUT2D eigenvalue weighted by molar-refractivity contribution is -0.132. The Kier molecular flexibility index (Phi) is 10.3. The third kappa shape index (κ3) is 7.86. The second-order valence-corrected chi connectivity index (χ2v) is 17.1. The Morgan fingerprint density at radius 3 is 2.54 bits per heavy atom. The molecule has 0 radical (unpaired) electrons. The molecule has 15 heteroatoms. The average Bonchev–Trinajstić information content (AvgIpc) is 3.84. The van der Waals surface area contributed by atoms with Crippen molar-refractivity contribution in [2.24, 2.45) is 0 Å². The lowest BCUT2D eigenvalue weighted by Gasteiger charge is -2.36. The molecule has 0 aliphatic carbocycles. The summed E-state index contributed by atoms with van der Waals surface area (Å²) in [6.45, 7) is 13.6. The van der Waals surface area contributed by atoms with Crippen LogP contribution in [0.2, 0.25) is 0 Å². The number of hydrogen-bond acceptors (Lipinski definition) is 11. The van der Waals surface area contributed by atoms with E-state index >= 15 is 4.39 Å². The molecule has 294 valence electrons. The molecule has 3 amide bonds. The number of rotatable bonds is 9. The van der Waals surface area contributed by atoms with E-state index in [1.54, 1.807) is 19.9 Å². The molecule has 0 bridgehead atoms. The maximum absolute atomic E-state index is 16.3. The Hall–Kier alpha value is -5.67. The number of nitrogens with zero attached hydrogens (tertiary/aromatic N) is 6. The highest BCUT2D eigenvalue weighted by atomic mass is 32.2. The van der Waals surface area contributed by atoms with Crippen molar-refractivity contribution < 1.29 is 23.3 Å². The van der Waals surface area contributed by atoms with Crippen LogP contribution in [-0.4, -0.2) is 79.1 Å². The molecule has 3 aromatic carbocycles. The number of nitrogens with one attached hydrogen (secondary N) is 3. The smallest absolute Gasteiger partial charge is 0.293 e. The molecule has 57 heavy (non-hydrogen) atoms. The Morgan fingerprint density at radius 2 is 1.82 bits per heavy atom. The van der Waals surface area contributed by atoms with E-state index in [-0.39, 0.29) is 22.9 Å². The summed E-state index contributed by atoms with van der Waals surface area (Å²) in [5.74, 6) is -1.04. The van der Waals surface area contributed by atoms with E-state index in [4.69, 9.17) is 4.52 Å². The largest absolute Gasteiger partial charge is 0.369 e. The summed E-state index contributed by atoms with van der Waals surface area (Å²) in [5, 5.41) is 10.5. The third-order valence-corrected chi connectivity index (χ3v) is 12.0. The van der Waals surface area contributed by atoms with E-state index in [0.717, 1.165) is 59.6 Å². The van der Waals surface area contributed by atoms with Gasteiger partial charge in [-0.15, -0.1) is 11.8 Å². The van der Waals surface area contributed by atoms with Crippen molar-refractivity contribution in [2.45, 2.75) is 75.6 Å². The third-order valence-electron chi connectivity index (χ3n) is 10.7. The van der Waals surface area contributed by atoms with Gasteiger partial charge in [-0.25, -0.2) is 14.4 Å². The second-order valence-electron chi connectivity index (χ2n) is 15.8. The first kappa shape index (κ1) is 38.2. The molecule has 2 fully saturated rings. The number of fused-ring (bicyclic) bond motifs is 3. The van der Waals surface area contributed by atoms with Crippen molar-refractivity contribution in [2.75, 3.05) is 31.1 Å². The van der Waals surface area contributed by atoms with Crippen LogP contribution in [0.1, 0.15) is 79.8 Å². The number of carbonyl (C=O) groups is 3. The normalized spacial score (nSPS) is 17.3. The summed E-state index contributed by atoms with van der Waals surface area (Å²) in [5.41, 5.74) is 5.28. The predicted molar refractivity (Wildman–Crippen MR) is 216 cm³/mol. The minimum Gasteiger partial charge on any atom is -0.369 e. The molecule has 0 saturated carbocycles. The number of halogens is 1. The quantitative estimate of drug-likeness (QED) is 0.135. The molecule has 0 spiro atoms. The van der Waals surface area contributed by atoms with Gasteiger partial charge in [0.2, 0.25) is 17.7 Å². The van der Waals surface area contributed by atoms with Crippen LogP contribution in [0.25, 0.3) is 33.2 Å². The van der Waals surface area contributed by atoms with E-state index in [1.165, 1.54) is 23.7 Å². The molecule has 2 atom stereocenters. The molecule has 3 aromatic heterocycles. The van der Waals surface area contributed by atoms with E-state index in [0.29, 0.717) is 46.8 Å². The van der Waals surface area contributed by atoms with Gasteiger partial charge in [0.15, 0.2) is 0 Å². The fourth-order valence-corrected chi connectivity index (χ4v) is 8.50. The minimum absolute atomic E-state index is 0.0711. The van der Waals surface area contributed by atoms with E-state index < -0.39 is 23.2 Å². The lowest BCUT2D eigenvalue weighted by Crippen LogP contribution is -2.45. The molecule has 1 unspecified atom stereocenters. The first-order valence-electron chi connectivity index (χ1n) is 19.1. The fraction of sp³-hybridized carbons (Fsp3) is 0.357. The van der Waals surface area contributed by atoms with Crippen LogP contribution in [0.5, 0.6) is 0 Å². The summed E-state index contributed by atoms with van der Waals surface area (Å²) in [6.07, 6.45) is 2.39. The molecular weight excluding hydrogens is 746 g/mol. The molecular formula is C42H44FN9O4S. The van der Waals surface area contributed by atoms with Crippen molar-refractivity contribution in [3.63, 3.8) is 0 Å². The maximum Gasteiger partial charge on any atom is 0.293 e. The Labute approximate surface area is 333 Å². The highest BCUT2D eigenvalue weighted by Crippen LogP contribution is 2.37. The van der Waals surface area contributed by atoms with Gasteiger partial charge in [-0.2, -0.15) is 4.98 Å². The summed E-state index contributed by atoms with van der Waals surface area (Å²) >= 11 is 1.50. The van der Waals surface area contributed by atoms with Crippen molar-refractivity contribution >= 4 is 57.1 Å². The summed E-state index contributed by atoms with van der Waals surface area (Å²) in [7, 11) is 0. The van der Waals surface area contributed by atoms with Crippen molar-refractivity contribution in [3.8, 4) is 11.3 Å². The van der Waals surface area contributed by atoms with Gasteiger partial charge in [0, 0.05) is 71.6 Å². The number of hydrogen-bond donors (Lipinski definition) is 3. The van der Waals surface area contributed by atoms with Crippen molar-refractivity contribution in [3.05, 3.63) is 95.1 Å². The zero-order valence-electron chi connectivity index (χ0n) is 32.5. The highest BCUT2D eigenvalue weighted by Gasteiger charge is 2.28. The molecule has 13 nitrogen and oxygen atoms in total. The van der Waals surface area contributed by atoms with Crippen LogP contribution in [0.15, 0.2) is 70.3 Å². The average molecular weight is 790 g/mol. The first-order valence-corrected chi connectivity index (χ1v) is 20.0. The molecule has 2 saturated heterocycles. The van der Waals surface area contributed by atoms with E-state index in [9.17, 15) is 14.4 Å². The van der Waals surface area contributed by atoms with Gasteiger partial charge >= 0.3 is 0 Å². The fourth-order valence-electron chi connectivity index (χ4n) is 7.48. The molecule has 3 N–H and O–H groups in total. The van der Waals surface area contributed by atoms with Crippen LogP contribution in [-0.2, 0) is 21.5 Å². The van der Waals surface area contributed by atoms with Crippen LogP contribution in [0, 0.1) is 12.7 Å². The number of thioether (sulfide) groups is 1. The number of carbonyl (C=O) groups excluding carboxylic acids is 3. The molecule has 6 aromatic rings. The molecule has 5 heterocycles. The monoisotopic (exact) mass is 789 g/mol. The second kappa shape index (κ2) is 15.3. The number of piperazine rings is 1. The van der Waals surface area contributed by atoms with Gasteiger partial charge < -0.3 is 19.7 Å². The lowest BCUT2D eigenvalue weighted by atomic mass is 9.96. The van der Waals surface area contributed by atoms with Crippen molar-refractivity contribution in [1.29, 1.82) is 0 Å². The summed E-state index contributed by atoms with van der Waals surface area (Å²) in [4.78, 5) is 59.2. The van der Waals surface area contributed by atoms with Gasteiger partial charge in [0.05, 0.1) is 22.4 Å².